The Morgan fingerprint density at radius 2 is 2.15 bits per heavy atom. The molecule has 0 aromatic heterocycles. The van der Waals surface area contributed by atoms with Gasteiger partial charge in [0.05, 0.1) is 12.0 Å². The number of carbonyl (C=O) groups excluding carboxylic acids is 2. The molecule has 3 aliphatic carbocycles. The SMILES string of the molecule is COCO[C@H]1CC[C@@]2(C)CC(=O)[C@@H]3[C@@H]4C(=O)OC[C@]12[C@H]34. The van der Waals surface area contributed by atoms with E-state index in [1.165, 1.54) is 0 Å². The lowest BCUT2D eigenvalue weighted by Crippen LogP contribution is -2.54. The van der Waals surface area contributed by atoms with Gasteiger partial charge in [-0.1, -0.05) is 6.92 Å². The zero-order chi connectivity index (χ0) is 14.1. The number of fused-ring (bicyclic) bond motifs is 1. The molecule has 0 bridgehead atoms. The molecule has 4 fully saturated rings. The highest BCUT2D eigenvalue weighted by Crippen LogP contribution is 2.75. The Balaban J connectivity index is 1.74. The molecule has 0 unspecified atom stereocenters. The van der Waals surface area contributed by atoms with Gasteiger partial charge in [-0.05, 0) is 24.2 Å². The van der Waals surface area contributed by atoms with Crippen molar-refractivity contribution in [1.82, 2.24) is 0 Å². The van der Waals surface area contributed by atoms with Crippen LogP contribution in [0.4, 0.5) is 0 Å². The number of rotatable bonds is 3. The number of hydrogen-bond donors (Lipinski definition) is 0. The maximum Gasteiger partial charge on any atom is 0.310 e. The molecule has 110 valence electrons. The highest BCUT2D eigenvalue weighted by atomic mass is 16.7. The van der Waals surface area contributed by atoms with Crippen molar-refractivity contribution in [2.75, 3.05) is 20.5 Å². The molecule has 0 N–H and O–H groups in total. The van der Waals surface area contributed by atoms with Gasteiger partial charge in [0.25, 0.3) is 0 Å². The van der Waals surface area contributed by atoms with Gasteiger partial charge < -0.3 is 14.2 Å². The molecule has 5 heteroatoms. The van der Waals surface area contributed by atoms with Gasteiger partial charge in [0.2, 0.25) is 0 Å². The Hall–Kier alpha value is -0.940. The van der Waals surface area contributed by atoms with Crippen molar-refractivity contribution in [1.29, 1.82) is 0 Å². The standard InChI is InChI=1S/C15H20O5/c1-14-4-3-9(20-7-18-2)15(14)6-19-13(17)11-10(12(11)15)8(16)5-14/h9-12H,3-7H2,1-2H3/t9-,10+,11-,12+,14-,15+/m0/s1. The zero-order valence-corrected chi connectivity index (χ0v) is 11.9. The number of esters is 1. The molecule has 0 aromatic carbocycles. The summed E-state index contributed by atoms with van der Waals surface area (Å²) in [5.41, 5.74) is -0.276. The van der Waals surface area contributed by atoms with Crippen LogP contribution in [-0.4, -0.2) is 38.4 Å². The second-order valence-corrected chi connectivity index (χ2v) is 7.03. The van der Waals surface area contributed by atoms with Crippen molar-refractivity contribution in [3.8, 4) is 0 Å². The van der Waals surface area contributed by atoms with Crippen LogP contribution in [0.15, 0.2) is 0 Å². The predicted octanol–water partition coefficient (Wildman–Crippen LogP) is 1.15. The van der Waals surface area contributed by atoms with Gasteiger partial charge in [-0.15, -0.1) is 0 Å². The average Bonchev–Trinajstić information content (AvgIpc) is 3.11. The van der Waals surface area contributed by atoms with E-state index >= 15 is 0 Å². The van der Waals surface area contributed by atoms with E-state index < -0.39 is 0 Å². The van der Waals surface area contributed by atoms with Crippen LogP contribution in [0.3, 0.4) is 0 Å². The van der Waals surface area contributed by atoms with E-state index in [9.17, 15) is 9.59 Å². The molecule has 4 rings (SSSR count). The maximum atomic E-state index is 12.3. The van der Waals surface area contributed by atoms with Crippen LogP contribution < -0.4 is 0 Å². The fourth-order valence-electron chi connectivity index (χ4n) is 5.38. The van der Waals surface area contributed by atoms with E-state index in [4.69, 9.17) is 14.2 Å². The third-order valence-electron chi connectivity index (χ3n) is 6.32. The van der Waals surface area contributed by atoms with Crippen molar-refractivity contribution in [2.45, 2.75) is 32.3 Å². The molecule has 4 aliphatic rings. The second kappa shape index (κ2) is 3.83. The number of ketones is 1. The van der Waals surface area contributed by atoms with Gasteiger partial charge in [-0.25, -0.2) is 0 Å². The van der Waals surface area contributed by atoms with Crippen molar-refractivity contribution < 1.29 is 23.8 Å². The largest absolute Gasteiger partial charge is 0.465 e. The Kier molecular flexibility index (Phi) is 2.44. The maximum absolute atomic E-state index is 12.3. The Morgan fingerprint density at radius 1 is 1.35 bits per heavy atom. The molecule has 0 radical (unpaired) electrons. The summed E-state index contributed by atoms with van der Waals surface area (Å²) >= 11 is 0. The summed E-state index contributed by atoms with van der Waals surface area (Å²) < 4.78 is 16.4. The smallest absolute Gasteiger partial charge is 0.310 e. The normalized spacial score (nSPS) is 52.3. The first kappa shape index (κ1) is 12.8. The van der Waals surface area contributed by atoms with Crippen LogP contribution in [0.1, 0.15) is 26.2 Å². The monoisotopic (exact) mass is 280 g/mol. The first-order valence-corrected chi connectivity index (χ1v) is 7.35. The number of cyclic esters (lactones) is 1. The van der Waals surface area contributed by atoms with Crippen molar-refractivity contribution in [2.24, 2.45) is 28.6 Å². The fourth-order valence-corrected chi connectivity index (χ4v) is 5.38. The summed E-state index contributed by atoms with van der Waals surface area (Å²) in [5.74, 6) is -0.0982. The highest BCUT2D eigenvalue weighted by molar-refractivity contribution is 5.95. The van der Waals surface area contributed by atoms with Crippen LogP contribution in [0.2, 0.25) is 0 Å². The third-order valence-corrected chi connectivity index (χ3v) is 6.32. The first-order chi connectivity index (χ1) is 9.55. The molecule has 5 nitrogen and oxygen atoms in total. The minimum Gasteiger partial charge on any atom is -0.465 e. The van der Waals surface area contributed by atoms with E-state index in [1.807, 2.05) is 0 Å². The summed E-state index contributed by atoms with van der Waals surface area (Å²) in [6.45, 7) is 2.83. The third kappa shape index (κ3) is 1.26. The fraction of sp³-hybridized carbons (Fsp3) is 0.867. The predicted molar refractivity (Wildman–Crippen MR) is 67.6 cm³/mol. The van der Waals surface area contributed by atoms with E-state index in [0.717, 1.165) is 12.8 Å². The van der Waals surface area contributed by atoms with E-state index in [-0.39, 0.29) is 53.2 Å². The molecule has 1 saturated heterocycles. The Bertz CT molecular complexity index is 485. The minimum atomic E-state index is -0.204. The van der Waals surface area contributed by atoms with Crippen LogP contribution in [0.25, 0.3) is 0 Å². The molecular weight excluding hydrogens is 260 g/mol. The number of methoxy groups -OCH3 is 1. The lowest BCUT2D eigenvalue weighted by atomic mass is 9.57. The molecule has 1 spiro atoms. The highest BCUT2D eigenvalue weighted by Gasteiger charge is 2.80. The lowest BCUT2D eigenvalue weighted by molar-refractivity contribution is -0.190. The lowest BCUT2D eigenvalue weighted by Gasteiger charge is -2.50. The second-order valence-electron chi connectivity index (χ2n) is 7.03. The Labute approximate surface area is 117 Å². The minimum absolute atomic E-state index is 0.0335. The molecule has 0 amide bonds. The van der Waals surface area contributed by atoms with Gasteiger partial charge in [-0.3, -0.25) is 9.59 Å². The van der Waals surface area contributed by atoms with Gasteiger partial charge >= 0.3 is 5.97 Å². The quantitative estimate of drug-likeness (QED) is 0.573. The molecule has 0 aromatic rings. The van der Waals surface area contributed by atoms with Crippen molar-refractivity contribution in [3.05, 3.63) is 0 Å². The summed E-state index contributed by atoms with van der Waals surface area (Å²) in [5, 5.41) is 0. The molecule has 6 atom stereocenters. The number of hydrogen-bond acceptors (Lipinski definition) is 5. The number of ether oxygens (including phenoxy) is 3. The van der Waals surface area contributed by atoms with Crippen LogP contribution in [0.5, 0.6) is 0 Å². The zero-order valence-electron chi connectivity index (χ0n) is 11.9. The van der Waals surface area contributed by atoms with Gasteiger partial charge in [-0.2, -0.15) is 0 Å². The summed E-state index contributed by atoms with van der Waals surface area (Å²) in [6, 6.07) is 0. The van der Waals surface area contributed by atoms with Gasteiger partial charge in [0.1, 0.15) is 19.2 Å². The summed E-state index contributed by atoms with van der Waals surface area (Å²) in [4.78, 5) is 24.2. The summed E-state index contributed by atoms with van der Waals surface area (Å²) in [7, 11) is 1.61. The number of carbonyl (C=O) groups is 2. The topological polar surface area (TPSA) is 61.8 Å². The molecule has 1 heterocycles. The Morgan fingerprint density at radius 3 is 2.90 bits per heavy atom. The average molecular weight is 280 g/mol. The number of Topliss-reactive ketones (excluding diaryl/α,β-unsaturated/α-hetero) is 1. The first-order valence-electron chi connectivity index (χ1n) is 7.35. The van der Waals surface area contributed by atoms with Crippen molar-refractivity contribution in [3.63, 3.8) is 0 Å². The molecule has 1 aliphatic heterocycles. The summed E-state index contributed by atoms with van der Waals surface area (Å²) in [6.07, 6.45) is 2.47. The van der Waals surface area contributed by atoms with Crippen LogP contribution in [-0.2, 0) is 23.8 Å². The molecule has 20 heavy (non-hydrogen) atoms. The van der Waals surface area contributed by atoms with Gasteiger partial charge in [0, 0.05) is 24.9 Å². The van der Waals surface area contributed by atoms with E-state index in [2.05, 4.69) is 6.92 Å². The van der Waals surface area contributed by atoms with E-state index in [0.29, 0.717) is 13.0 Å². The van der Waals surface area contributed by atoms with Crippen LogP contribution in [0, 0.1) is 28.6 Å². The molecule has 3 saturated carbocycles. The van der Waals surface area contributed by atoms with E-state index in [1.54, 1.807) is 7.11 Å². The van der Waals surface area contributed by atoms with Crippen molar-refractivity contribution >= 4 is 11.8 Å². The van der Waals surface area contributed by atoms with Crippen LogP contribution >= 0.6 is 0 Å². The van der Waals surface area contributed by atoms with Gasteiger partial charge in [0.15, 0.2) is 0 Å². The molecular formula is C15H20O5.